The predicted molar refractivity (Wildman–Crippen MR) is 136 cm³/mol. The zero-order valence-electron chi connectivity index (χ0n) is 20.1. The van der Waals surface area contributed by atoms with Crippen LogP contribution in [0.15, 0.2) is 51.8 Å². The van der Waals surface area contributed by atoms with E-state index in [0.717, 1.165) is 24.2 Å². The topological polar surface area (TPSA) is 110 Å². The summed E-state index contributed by atoms with van der Waals surface area (Å²) in [6, 6.07) is 11.0. The molecule has 2 aromatic heterocycles. The van der Waals surface area contributed by atoms with Gasteiger partial charge >= 0.3 is 6.01 Å². The summed E-state index contributed by atoms with van der Waals surface area (Å²) in [5, 5.41) is 7.68. The molecule has 4 aromatic rings. The molecule has 0 aliphatic carbocycles. The number of nitrogens with one attached hydrogen (secondary N) is 2. The molecule has 1 aliphatic rings. The molecule has 1 saturated heterocycles. The Balaban J connectivity index is 1.54. The zero-order valence-corrected chi connectivity index (χ0v) is 20.1. The lowest BCUT2D eigenvalue weighted by Gasteiger charge is -2.38. The number of piperazine rings is 1. The van der Waals surface area contributed by atoms with E-state index in [1.807, 2.05) is 6.07 Å². The predicted octanol–water partition coefficient (Wildman–Crippen LogP) is 3.49. The summed E-state index contributed by atoms with van der Waals surface area (Å²) in [5.41, 5.74) is 2.68. The highest BCUT2D eigenvalue weighted by molar-refractivity contribution is 6.14. The SMILES string of the molecule is COc1ncc2c(N3C[C@@H](C)N[C@@H](C)C3)ccc(C(=O)Nc3ccc4c(=O)cc(C)oc4c3)c2n1. The molecule has 0 saturated carbocycles. The monoisotopic (exact) mass is 473 g/mol. The molecule has 1 aliphatic heterocycles. The van der Waals surface area contributed by atoms with Crippen molar-refractivity contribution >= 4 is 39.2 Å². The summed E-state index contributed by atoms with van der Waals surface area (Å²) < 4.78 is 10.9. The molecule has 0 radical (unpaired) electrons. The van der Waals surface area contributed by atoms with Gasteiger partial charge in [0, 0.05) is 60.3 Å². The van der Waals surface area contributed by atoms with Crippen molar-refractivity contribution in [2.45, 2.75) is 32.9 Å². The molecule has 9 heteroatoms. The first kappa shape index (κ1) is 22.8. The third kappa shape index (κ3) is 4.42. The van der Waals surface area contributed by atoms with E-state index in [1.165, 1.54) is 13.2 Å². The summed E-state index contributed by atoms with van der Waals surface area (Å²) in [4.78, 5) is 36.7. The van der Waals surface area contributed by atoms with Gasteiger partial charge in [0.25, 0.3) is 5.91 Å². The van der Waals surface area contributed by atoms with Gasteiger partial charge in [-0.2, -0.15) is 4.98 Å². The van der Waals surface area contributed by atoms with Crippen molar-refractivity contribution in [1.29, 1.82) is 0 Å². The quantitative estimate of drug-likeness (QED) is 0.464. The van der Waals surface area contributed by atoms with Crippen LogP contribution in [0.5, 0.6) is 6.01 Å². The highest BCUT2D eigenvalue weighted by atomic mass is 16.5. The molecule has 2 atom stereocenters. The number of ether oxygens (including phenoxy) is 1. The van der Waals surface area contributed by atoms with Crippen molar-refractivity contribution in [2.75, 3.05) is 30.4 Å². The number of amides is 1. The number of nitrogens with zero attached hydrogens (tertiary/aromatic N) is 3. The van der Waals surface area contributed by atoms with Crippen LogP contribution < -0.4 is 25.7 Å². The number of rotatable bonds is 4. The fourth-order valence-electron chi connectivity index (χ4n) is 4.72. The molecule has 0 unspecified atom stereocenters. The zero-order chi connectivity index (χ0) is 24.7. The molecule has 3 heterocycles. The second-order valence-corrected chi connectivity index (χ2v) is 9.01. The second kappa shape index (κ2) is 8.99. The van der Waals surface area contributed by atoms with Crippen LogP contribution in [0.1, 0.15) is 30.0 Å². The second-order valence-electron chi connectivity index (χ2n) is 9.01. The van der Waals surface area contributed by atoms with Gasteiger partial charge in [-0.25, -0.2) is 4.98 Å². The van der Waals surface area contributed by atoms with Gasteiger partial charge in [0.15, 0.2) is 5.43 Å². The fourth-order valence-corrected chi connectivity index (χ4v) is 4.72. The number of fused-ring (bicyclic) bond motifs is 2. The average Bonchev–Trinajstić information content (AvgIpc) is 2.81. The van der Waals surface area contributed by atoms with Crippen molar-refractivity contribution in [3.05, 3.63) is 64.1 Å². The molecular formula is C26H27N5O4. The Hall–Kier alpha value is -3.98. The molecule has 35 heavy (non-hydrogen) atoms. The van der Waals surface area contributed by atoms with Gasteiger partial charge in [0.2, 0.25) is 0 Å². The number of aryl methyl sites for hydroxylation is 1. The van der Waals surface area contributed by atoms with Crippen LogP contribution in [-0.2, 0) is 0 Å². The van der Waals surface area contributed by atoms with Crippen LogP contribution in [0, 0.1) is 6.92 Å². The van der Waals surface area contributed by atoms with Gasteiger partial charge in [-0.15, -0.1) is 0 Å². The van der Waals surface area contributed by atoms with E-state index in [0.29, 0.717) is 45.6 Å². The number of benzene rings is 2. The number of hydrogen-bond acceptors (Lipinski definition) is 8. The first-order valence-electron chi connectivity index (χ1n) is 11.5. The molecule has 0 bridgehead atoms. The Morgan fingerprint density at radius 3 is 2.66 bits per heavy atom. The van der Waals surface area contributed by atoms with Crippen LogP contribution in [-0.4, -0.2) is 48.2 Å². The molecule has 2 N–H and O–H groups in total. The summed E-state index contributed by atoms with van der Waals surface area (Å²) >= 11 is 0. The number of anilines is 2. The number of carbonyl (C=O) groups excluding carboxylic acids is 1. The molecule has 1 fully saturated rings. The standard InChI is InChI=1S/C26H27N5O4/c1-14-12-31(13-15(2)28-14)21-8-7-19(24-20(21)11-27-26(30-24)34-4)25(33)29-17-5-6-18-22(32)9-16(3)35-23(18)10-17/h5-11,14-15,28H,12-13H2,1-4H3,(H,29,33)/t14-,15+. The van der Waals surface area contributed by atoms with Crippen molar-refractivity contribution in [1.82, 2.24) is 15.3 Å². The maximum atomic E-state index is 13.4. The smallest absolute Gasteiger partial charge is 0.316 e. The molecule has 2 aromatic carbocycles. The van der Waals surface area contributed by atoms with E-state index in [1.54, 1.807) is 37.4 Å². The first-order chi connectivity index (χ1) is 16.8. The van der Waals surface area contributed by atoms with Gasteiger partial charge in [-0.3, -0.25) is 9.59 Å². The van der Waals surface area contributed by atoms with Crippen LogP contribution in [0.3, 0.4) is 0 Å². The normalized spacial score (nSPS) is 18.1. The number of hydrogen-bond donors (Lipinski definition) is 2. The maximum absolute atomic E-state index is 13.4. The molecule has 0 spiro atoms. The van der Waals surface area contributed by atoms with E-state index < -0.39 is 0 Å². The average molecular weight is 474 g/mol. The minimum atomic E-state index is -0.335. The molecule has 5 rings (SSSR count). The minimum absolute atomic E-state index is 0.122. The minimum Gasteiger partial charge on any atom is -0.467 e. The molecular weight excluding hydrogens is 446 g/mol. The largest absolute Gasteiger partial charge is 0.467 e. The Labute approximate surface area is 202 Å². The summed E-state index contributed by atoms with van der Waals surface area (Å²) in [7, 11) is 1.50. The highest BCUT2D eigenvalue weighted by Gasteiger charge is 2.24. The van der Waals surface area contributed by atoms with E-state index in [-0.39, 0.29) is 17.3 Å². The Bertz CT molecular complexity index is 1490. The summed E-state index contributed by atoms with van der Waals surface area (Å²) in [6.07, 6.45) is 1.71. The first-order valence-corrected chi connectivity index (χ1v) is 11.5. The van der Waals surface area contributed by atoms with E-state index in [4.69, 9.17) is 9.15 Å². The van der Waals surface area contributed by atoms with Crippen molar-refractivity contribution in [3.63, 3.8) is 0 Å². The third-order valence-corrected chi connectivity index (χ3v) is 6.14. The van der Waals surface area contributed by atoms with E-state index in [9.17, 15) is 9.59 Å². The number of methoxy groups -OCH3 is 1. The summed E-state index contributed by atoms with van der Waals surface area (Å²) in [6.45, 7) is 7.68. The molecule has 9 nitrogen and oxygen atoms in total. The number of carbonyl (C=O) groups is 1. The maximum Gasteiger partial charge on any atom is 0.316 e. The van der Waals surface area contributed by atoms with Crippen molar-refractivity contribution in [3.8, 4) is 6.01 Å². The van der Waals surface area contributed by atoms with Crippen molar-refractivity contribution in [2.24, 2.45) is 0 Å². The lowest BCUT2D eigenvalue weighted by atomic mass is 10.0. The Morgan fingerprint density at radius 1 is 1.14 bits per heavy atom. The third-order valence-electron chi connectivity index (χ3n) is 6.14. The van der Waals surface area contributed by atoms with Crippen LogP contribution in [0.25, 0.3) is 21.9 Å². The van der Waals surface area contributed by atoms with Crippen molar-refractivity contribution < 1.29 is 13.9 Å². The van der Waals surface area contributed by atoms with E-state index >= 15 is 0 Å². The lowest BCUT2D eigenvalue weighted by molar-refractivity contribution is 0.102. The number of aromatic nitrogens is 2. The van der Waals surface area contributed by atoms with Gasteiger partial charge < -0.3 is 24.7 Å². The molecule has 1 amide bonds. The highest BCUT2D eigenvalue weighted by Crippen LogP contribution is 2.31. The fraction of sp³-hybridized carbons (Fsp3) is 0.308. The van der Waals surface area contributed by atoms with Crippen LogP contribution in [0.2, 0.25) is 0 Å². The van der Waals surface area contributed by atoms with Crippen LogP contribution in [0.4, 0.5) is 11.4 Å². The van der Waals surface area contributed by atoms with E-state index in [2.05, 4.69) is 39.3 Å². The summed E-state index contributed by atoms with van der Waals surface area (Å²) in [5.74, 6) is 0.173. The van der Waals surface area contributed by atoms with Gasteiger partial charge in [0.1, 0.15) is 11.3 Å². The lowest BCUT2D eigenvalue weighted by Crippen LogP contribution is -2.54. The van der Waals surface area contributed by atoms with Gasteiger partial charge in [-0.05, 0) is 45.0 Å². The Morgan fingerprint density at radius 2 is 1.91 bits per heavy atom. The van der Waals surface area contributed by atoms with Crippen LogP contribution >= 0.6 is 0 Å². The van der Waals surface area contributed by atoms with Gasteiger partial charge in [0.05, 0.1) is 23.6 Å². The van der Waals surface area contributed by atoms with Gasteiger partial charge in [-0.1, -0.05) is 0 Å². The Kier molecular flexibility index (Phi) is 5.86. The molecule has 180 valence electrons.